The number of carbonyl (C=O) groups is 2. The summed E-state index contributed by atoms with van der Waals surface area (Å²) in [7, 11) is -3.43. The van der Waals surface area contributed by atoms with Crippen molar-refractivity contribution in [3.05, 3.63) is 84.2 Å². The van der Waals surface area contributed by atoms with E-state index in [1.165, 1.54) is 72.9 Å². The lowest BCUT2D eigenvalue weighted by Gasteiger charge is -2.30. The summed E-state index contributed by atoms with van der Waals surface area (Å²) in [4.78, 5) is 29.6. The van der Waals surface area contributed by atoms with E-state index in [9.17, 15) is 40.8 Å². The summed E-state index contributed by atoms with van der Waals surface area (Å²) in [6.07, 6.45) is -3.27. The van der Waals surface area contributed by atoms with Crippen LogP contribution in [-0.4, -0.2) is 55.3 Å². The minimum Gasteiger partial charge on any atom is -0.333 e. The number of rotatable bonds is 11. The molecule has 2 N–H and O–H groups in total. The normalized spacial score (nSPS) is 14.3. The second-order valence-electron chi connectivity index (χ2n) is 10.2. The lowest BCUT2D eigenvalue weighted by Crippen LogP contribution is -2.54. The van der Waals surface area contributed by atoms with Crippen LogP contribution in [-0.2, 0) is 14.6 Å². The van der Waals surface area contributed by atoms with E-state index < -0.39 is 57.9 Å². The Kier molecular flexibility index (Phi) is 9.86. The third kappa shape index (κ3) is 8.67. The van der Waals surface area contributed by atoms with Gasteiger partial charge in [-0.05, 0) is 54.8 Å². The van der Waals surface area contributed by atoms with Gasteiger partial charge in [-0.25, -0.2) is 12.8 Å². The van der Waals surface area contributed by atoms with Gasteiger partial charge in [0.1, 0.15) is 17.4 Å². The van der Waals surface area contributed by atoms with Gasteiger partial charge in [0.25, 0.3) is 0 Å². The molecule has 8 nitrogen and oxygen atoms in total. The van der Waals surface area contributed by atoms with Gasteiger partial charge in [-0.3, -0.25) is 19.9 Å². The van der Waals surface area contributed by atoms with Crippen molar-refractivity contribution in [3.8, 4) is 17.2 Å². The van der Waals surface area contributed by atoms with Crippen molar-refractivity contribution in [1.82, 2.24) is 15.6 Å². The molecule has 0 saturated heterocycles. The van der Waals surface area contributed by atoms with Gasteiger partial charge in [0, 0.05) is 18.9 Å². The highest BCUT2D eigenvalue weighted by Gasteiger charge is 2.44. The third-order valence-electron chi connectivity index (χ3n) is 6.16. The zero-order chi connectivity index (χ0) is 31.3. The zero-order valence-electron chi connectivity index (χ0n) is 22.8. The van der Waals surface area contributed by atoms with E-state index in [-0.39, 0.29) is 16.2 Å². The minimum atomic E-state index is -4.92. The molecular formula is C29H28F4N4O4S. The Labute approximate surface area is 240 Å². The van der Waals surface area contributed by atoms with Crippen LogP contribution in [0.25, 0.3) is 11.1 Å². The number of carbonyl (C=O) groups excluding carboxylic acids is 2. The summed E-state index contributed by atoms with van der Waals surface area (Å²) in [5.74, 6) is -2.05. The van der Waals surface area contributed by atoms with Crippen molar-refractivity contribution in [2.45, 2.75) is 55.1 Å². The lowest BCUT2D eigenvalue weighted by atomic mass is 9.96. The first-order chi connectivity index (χ1) is 19.5. The van der Waals surface area contributed by atoms with Gasteiger partial charge in [-0.15, -0.1) is 0 Å². The van der Waals surface area contributed by atoms with Crippen molar-refractivity contribution in [3.63, 3.8) is 0 Å². The van der Waals surface area contributed by atoms with Gasteiger partial charge < -0.3 is 5.32 Å². The van der Waals surface area contributed by atoms with E-state index in [1.54, 1.807) is 6.07 Å². The summed E-state index contributed by atoms with van der Waals surface area (Å²) < 4.78 is 80.8. The van der Waals surface area contributed by atoms with Gasteiger partial charge in [0.05, 0.1) is 17.0 Å². The molecule has 0 aliphatic carbocycles. The monoisotopic (exact) mass is 604 g/mol. The number of amides is 1. The van der Waals surface area contributed by atoms with Crippen molar-refractivity contribution in [1.29, 1.82) is 5.26 Å². The number of ketones is 1. The number of nitrogens with zero attached hydrogens (tertiary/aromatic N) is 2. The fourth-order valence-electron chi connectivity index (χ4n) is 4.11. The number of alkyl halides is 4. The summed E-state index contributed by atoms with van der Waals surface area (Å²) >= 11 is 0. The van der Waals surface area contributed by atoms with Crippen LogP contribution < -0.4 is 10.6 Å². The van der Waals surface area contributed by atoms with Crippen molar-refractivity contribution in [2.75, 3.05) is 6.26 Å². The third-order valence-corrected chi connectivity index (χ3v) is 7.28. The summed E-state index contributed by atoms with van der Waals surface area (Å²) in [5, 5.41) is 13.8. The number of benzene rings is 2. The average molecular weight is 605 g/mol. The highest BCUT2D eigenvalue weighted by atomic mass is 32.2. The maximum Gasteiger partial charge on any atom is 0.407 e. The number of nitriles is 1. The Balaban J connectivity index is 1.88. The Morgan fingerprint density at radius 2 is 1.52 bits per heavy atom. The first-order valence-corrected chi connectivity index (χ1v) is 14.5. The number of aromatic nitrogens is 1. The SMILES string of the molecule is CC(C)(F)C[C@H](N[C@@H](c1ccc(-c2ccc(S(C)(=O)=O)cc2)cc1)C(F)(F)F)C(=O)N[C@@H](C#N)C(=O)c1ccccn1. The van der Waals surface area contributed by atoms with Gasteiger partial charge >= 0.3 is 6.18 Å². The van der Waals surface area contributed by atoms with E-state index in [1.807, 2.05) is 0 Å². The Morgan fingerprint density at radius 1 is 0.952 bits per heavy atom. The van der Waals surface area contributed by atoms with Crippen molar-refractivity contribution < 1.29 is 35.6 Å². The maximum absolute atomic E-state index is 14.7. The summed E-state index contributed by atoms with van der Waals surface area (Å²) in [6.45, 7) is 2.17. The highest BCUT2D eigenvalue weighted by molar-refractivity contribution is 7.90. The summed E-state index contributed by atoms with van der Waals surface area (Å²) in [5.41, 5.74) is -1.46. The number of hydrogen-bond acceptors (Lipinski definition) is 7. The van der Waals surface area contributed by atoms with Crippen LogP contribution in [0.4, 0.5) is 17.6 Å². The van der Waals surface area contributed by atoms with Crippen molar-refractivity contribution >= 4 is 21.5 Å². The van der Waals surface area contributed by atoms with Crippen LogP contribution in [0.15, 0.2) is 77.8 Å². The molecule has 1 amide bonds. The minimum absolute atomic E-state index is 0.0877. The Morgan fingerprint density at radius 3 is 1.98 bits per heavy atom. The van der Waals surface area contributed by atoms with Crippen LogP contribution in [0.5, 0.6) is 0 Å². The smallest absolute Gasteiger partial charge is 0.333 e. The first-order valence-electron chi connectivity index (χ1n) is 12.6. The second-order valence-corrected chi connectivity index (χ2v) is 12.2. The van der Waals surface area contributed by atoms with E-state index in [0.29, 0.717) is 11.1 Å². The van der Waals surface area contributed by atoms with Crippen LogP contribution >= 0.6 is 0 Å². The molecule has 0 aliphatic heterocycles. The molecule has 0 radical (unpaired) electrons. The van der Waals surface area contributed by atoms with E-state index in [2.05, 4.69) is 15.6 Å². The van der Waals surface area contributed by atoms with Crippen LogP contribution in [0.2, 0.25) is 0 Å². The van der Waals surface area contributed by atoms with Crippen LogP contribution in [0.1, 0.15) is 42.4 Å². The molecule has 2 aromatic carbocycles. The molecule has 42 heavy (non-hydrogen) atoms. The number of nitrogens with one attached hydrogen (secondary N) is 2. The van der Waals surface area contributed by atoms with Gasteiger partial charge in [-0.2, -0.15) is 18.4 Å². The predicted octanol–water partition coefficient (Wildman–Crippen LogP) is 4.74. The first kappa shape index (κ1) is 32.4. The fourth-order valence-corrected chi connectivity index (χ4v) is 4.74. The standard InChI is InChI=1S/C29H28F4N4O4S/c1-28(2,30)16-23(27(39)37-24(17-34)25(38)22-6-4-5-15-35-22)36-26(29(31,32)33)20-9-7-18(8-10-20)19-11-13-21(14-12-19)42(3,40)41/h4-15,23-24,26,36H,16H2,1-3H3,(H,37,39)/t23-,24-,26-/m0/s1. The van der Waals surface area contributed by atoms with Crippen LogP contribution in [0, 0.1) is 11.3 Å². The summed E-state index contributed by atoms with van der Waals surface area (Å²) in [6, 6.07) is 10.9. The molecular weight excluding hydrogens is 576 g/mol. The predicted molar refractivity (Wildman–Crippen MR) is 147 cm³/mol. The molecule has 0 bridgehead atoms. The van der Waals surface area contributed by atoms with Crippen LogP contribution in [0.3, 0.4) is 0 Å². The number of hydrogen-bond donors (Lipinski definition) is 2. The zero-order valence-corrected chi connectivity index (χ0v) is 23.6. The molecule has 3 rings (SSSR count). The topological polar surface area (TPSA) is 129 Å². The Hall–Kier alpha value is -4.15. The fraction of sp³-hybridized carbons (Fsp3) is 0.310. The molecule has 1 aromatic heterocycles. The second kappa shape index (κ2) is 12.8. The number of Topliss-reactive ketones (excluding diaryl/α,β-unsaturated/α-hetero) is 1. The molecule has 3 atom stereocenters. The van der Waals surface area contributed by atoms with Crippen molar-refractivity contribution in [2.24, 2.45) is 0 Å². The molecule has 0 fully saturated rings. The van der Waals surface area contributed by atoms with E-state index >= 15 is 0 Å². The maximum atomic E-state index is 14.7. The lowest BCUT2D eigenvalue weighted by molar-refractivity contribution is -0.161. The molecule has 0 saturated carbocycles. The van der Waals surface area contributed by atoms with Gasteiger partial charge in [0.2, 0.25) is 11.7 Å². The molecule has 222 valence electrons. The number of pyridine rings is 1. The molecule has 1 heterocycles. The van der Waals surface area contributed by atoms with Gasteiger partial charge in [0.15, 0.2) is 15.9 Å². The largest absolute Gasteiger partial charge is 0.407 e. The Bertz CT molecular complexity index is 1550. The number of sulfone groups is 1. The number of halogens is 4. The quantitative estimate of drug-likeness (QED) is 0.239. The van der Waals surface area contributed by atoms with E-state index in [4.69, 9.17) is 0 Å². The average Bonchev–Trinajstić information content (AvgIpc) is 2.92. The molecule has 3 aromatic rings. The highest BCUT2D eigenvalue weighted by Crippen LogP contribution is 2.35. The van der Waals surface area contributed by atoms with Gasteiger partial charge in [-0.1, -0.05) is 42.5 Å². The van der Waals surface area contributed by atoms with E-state index in [0.717, 1.165) is 20.1 Å². The molecule has 13 heteroatoms. The molecule has 0 spiro atoms. The molecule has 0 unspecified atom stereocenters. The molecule has 0 aliphatic rings.